The van der Waals surface area contributed by atoms with Crippen LogP contribution in [0.2, 0.25) is 0 Å². The topological polar surface area (TPSA) is 81.4 Å². The van der Waals surface area contributed by atoms with Gasteiger partial charge in [0, 0.05) is 18.0 Å². The largest absolute Gasteiger partial charge is 0.348 e. The fourth-order valence-corrected chi connectivity index (χ4v) is 3.38. The van der Waals surface area contributed by atoms with E-state index in [0.29, 0.717) is 5.95 Å². The van der Waals surface area contributed by atoms with Crippen LogP contribution in [0.4, 0.5) is 5.95 Å². The number of benzene rings is 2. The SMILES string of the molecule is C[C@H](Nc1nccc(-n2cnc3cc(-c4cccnn4)ccc32)n1)c1ccccc1. The maximum atomic E-state index is 4.69. The Bertz CT molecular complexity index is 1280. The summed E-state index contributed by atoms with van der Waals surface area (Å²) in [7, 11) is 0. The number of fused-ring (bicyclic) bond motifs is 1. The Kier molecular flexibility index (Phi) is 4.61. The maximum absolute atomic E-state index is 4.69. The highest BCUT2D eigenvalue weighted by molar-refractivity contribution is 5.82. The molecule has 5 rings (SSSR count). The normalized spacial score (nSPS) is 12.0. The predicted molar refractivity (Wildman–Crippen MR) is 116 cm³/mol. The third-order valence-corrected chi connectivity index (χ3v) is 4.95. The summed E-state index contributed by atoms with van der Waals surface area (Å²) in [6.45, 7) is 2.09. The van der Waals surface area contributed by atoms with E-state index in [1.165, 1.54) is 5.56 Å². The minimum atomic E-state index is 0.0931. The van der Waals surface area contributed by atoms with Gasteiger partial charge in [0.2, 0.25) is 5.95 Å². The number of hydrogen-bond donors (Lipinski definition) is 1. The lowest BCUT2D eigenvalue weighted by Crippen LogP contribution is -2.10. The van der Waals surface area contributed by atoms with Crippen LogP contribution in [0.3, 0.4) is 0 Å². The molecule has 0 aliphatic heterocycles. The maximum Gasteiger partial charge on any atom is 0.225 e. The monoisotopic (exact) mass is 393 g/mol. The van der Waals surface area contributed by atoms with Gasteiger partial charge in [-0.3, -0.25) is 4.57 Å². The number of nitrogens with zero attached hydrogens (tertiary/aromatic N) is 6. The zero-order chi connectivity index (χ0) is 20.3. The van der Waals surface area contributed by atoms with Crippen LogP contribution in [-0.2, 0) is 0 Å². The van der Waals surface area contributed by atoms with E-state index in [0.717, 1.165) is 28.1 Å². The molecule has 3 heterocycles. The summed E-state index contributed by atoms with van der Waals surface area (Å²) >= 11 is 0. The minimum absolute atomic E-state index is 0.0931. The molecule has 0 unspecified atom stereocenters. The van der Waals surface area contributed by atoms with Crippen molar-refractivity contribution in [3.63, 3.8) is 0 Å². The summed E-state index contributed by atoms with van der Waals surface area (Å²) in [5, 5.41) is 11.5. The van der Waals surface area contributed by atoms with Gasteiger partial charge in [-0.2, -0.15) is 15.2 Å². The molecule has 0 saturated carbocycles. The van der Waals surface area contributed by atoms with Gasteiger partial charge in [-0.1, -0.05) is 36.4 Å². The molecule has 30 heavy (non-hydrogen) atoms. The van der Waals surface area contributed by atoms with Gasteiger partial charge in [0.05, 0.1) is 22.8 Å². The fraction of sp³-hybridized carbons (Fsp3) is 0.0870. The molecule has 1 N–H and O–H groups in total. The molecular formula is C23H19N7. The number of anilines is 1. The molecule has 1 atom stereocenters. The molecule has 0 fully saturated rings. The number of rotatable bonds is 5. The van der Waals surface area contributed by atoms with Crippen LogP contribution < -0.4 is 5.32 Å². The van der Waals surface area contributed by atoms with Crippen molar-refractivity contribution in [3.8, 4) is 17.1 Å². The Morgan fingerprint density at radius 3 is 2.63 bits per heavy atom. The second kappa shape index (κ2) is 7.71. The molecule has 0 bridgehead atoms. The zero-order valence-corrected chi connectivity index (χ0v) is 16.3. The molecule has 0 aliphatic carbocycles. The third-order valence-electron chi connectivity index (χ3n) is 4.95. The Morgan fingerprint density at radius 1 is 0.900 bits per heavy atom. The summed E-state index contributed by atoms with van der Waals surface area (Å²) in [6, 6.07) is 22.0. The second-order valence-electron chi connectivity index (χ2n) is 6.94. The van der Waals surface area contributed by atoms with Crippen molar-refractivity contribution < 1.29 is 0 Å². The molecule has 2 aromatic carbocycles. The quantitative estimate of drug-likeness (QED) is 0.475. The van der Waals surface area contributed by atoms with E-state index in [1.807, 2.05) is 59.2 Å². The lowest BCUT2D eigenvalue weighted by molar-refractivity contribution is 0.854. The van der Waals surface area contributed by atoms with Gasteiger partial charge in [-0.25, -0.2) is 9.97 Å². The zero-order valence-electron chi connectivity index (χ0n) is 16.3. The van der Waals surface area contributed by atoms with E-state index in [4.69, 9.17) is 0 Å². The van der Waals surface area contributed by atoms with Gasteiger partial charge in [-0.15, -0.1) is 0 Å². The van der Waals surface area contributed by atoms with Crippen molar-refractivity contribution in [1.82, 2.24) is 29.7 Å². The van der Waals surface area contributed by atoms with Crippen LogP contribution in [0, 0.1) is 0 Å². The first kappa shape index (κ1) is 17.9. The summed E-state index contributed by atoms with van der Waals surface area (Å²) in [6.07, 6.45) is 5.19. The lowest BCUT2D eigenvalue weighted by atomic mass is 10.1. The predicted octanol–water partition coefficient (Wildman–Crippen LogP) is 4.45. The van der Waals surface area contributed by atoms with Crippen LogP contribution in [-0.4, -0.2) is 29.7 Å². The standard InChI is InChI=1S/C23H19N7/c1-16(17-6-3-2-4-7-17)27-23-24-13-11-22(28-23)30-15-25-20-14-18(9-10-21(20)30)19-8-5-12-26-29-19/h2-16H,1H3,(H,24,27,28)/t16-/m0/s1. The highest BCUT2D eigenvalue weighted by Crippen LogP contribution is 2.24. The van der Waals surface area contributed by atoms with Gasteiger partial charge in [0.15, 0.2) is 0 Å². The van der Waals surface area contributed by atoms with E-state index in [2.05, 4.69) is 49.5 Å². The van der Waals surface area contributed by atoms with Crippen molar-refractivity contribution in [2.24, 2.45) is 0 Å². The molecule has 7 nitrogen and oxygen atoms in total. The van der Waals surface area contributed by atoms with Gasteiger partial charge >= 0.3 is 0 Å². The van der Waals surface area contributed by atoms with Crippen molar-refractivity contribution in [2.75, 3.05) is 5.32 Å². The molecule has 0 spiro atoms. The van der Waals surface area contributed by atoms with Crippen molar-refractivity contribution in [1.29, 1.82) is 0 Å². The third kappa shape index (κ3) is 3.48. The van der Waals surface area contributed by atoms with E-state index in [9.17, 15) is 0 Å². The first-order valence-electron chi connectivity index (χ1n) is 9.68. The number of nitrogens with one attached hydrogen (secondary N) is 1. The van der Waals surface area contributed by atoms with Crippen LogP contribution >= 0.6 is 0 Å². The highest BCUT2D eigenvalue weighted by atomic mass is 15.2. The summed E-state index contributed by atoms with van der Waals surface area (Å²) < 4.78 is 1.95. The Balaban J connectivity index is 1.45. The molecule has 0 amide bonds. The van der Waals surface area contributed by atoms with Crippen LogP contribution in [0.25, 0.3) is 28.1 Å². The number of hydrogen-bond acceptors (Lipinski definition) is 6. The number of imidazole rings is 1. The lowest BCUT2D eigenvalue weighted by Gasteiger charge is -2.14. The molecule has 7 heteroatoms. The Hall–Kier alpha value is -4.13. The molecule has 3 aromatic heterocycles. The first-order valence-corrected chi connectivity index (χ1v) is 9.68. The van der Waals surface area contributed by atoms with Crippen LogP contribution in [0.1, 0.15) is 18.5 Å². The minimum Gasteiger partial charge on any atom is -0.348 e. The average molecular weight is 393 g/mol. The van der Waals surface area contributed by atoms with Crippen LogP contribution in [0.15, 0.2) is 85.5 Å². The second-order valence-corrected chi connectivity index (χ2v) is 6.94. The van der Waals surface area contributed by atoms with Gasteiger partial charge in [0.25, 0.3) is 0 Å². The highest BCUT2D eigenvalue weighted by Gasteiger charge is 2.11. The molecular weight excluding hydrogens is 374 g/mol. The van der Waals surface area contributed by atoms with Gasteiger partial charge < -0.3 is 5.32 Å². The first-order chi connectivity index (χ1) is 14.8. The van der Waals surface area contributed by atoms with E-state index in [1.54, 1.807) is 18.7 Å². The fourth-order valence-electron chi connectivity index (χ4n) is 3.38. The Labute approximate surface area is 173 Å². The molecule has 0 saturated heterocycles. The van der Waals surface area contributed by atoms with Gasteiger partial charge in [0.1, 0.15) is 12.1 Å². The number of aromatic nitrogens is 6. The van der Waals surface area contributed by atoms with Crippen molar-refractivity contribution in [2.45, 2.75) is 13.0 Å². The molecule has 146 valence electrons. The molecule has 5 aromatic rings. The molecule has 0 aliphatic rings. The van der Waals surface area contributed by atoms with Gasteiger partial charge in [-0.05, 0) is 42.8 Å². The van der Waals surface area contributed by atoms with E-state index < -0.39 is 0 Å². The Morgan fingerprint density at radius 2 is 1.80 bits per heavy atom. The van der Waals surface area contributed by atoms with Crippen molar-refractivity contribution in [3.05, 3.63) is 91.0 Å². The van der Waals surface area contributed by atoms with Crippen molar-refractivity contribution >= 4 is 17.0 Å². The average Bonchev–Trinajstić information content (AvgIpc) is 3.24. The van der Waals surface area contributed by atoms with E-state index >= 15 is 0 Å². The molecule has 0 radical (unpaired) electrons. The summed E-state index contributed by atoms with van der Waals surface area (Å²) in [5.74, 6) is 1.32. The van der Waals surface area contributed by atoms with Crippen LogP contribution in [0.5, 0.6) is 0 Å². The van der Waals surface area contributed by atoms with E-state index in [-0.39, 0.29) is 6.04 Å². The smallest absolute Gasteiger partial charge is 0.225 e. The summed E-state index contributed by atoms with van der Waals surface area (Å²) in [5.41, 5.74) is 4.79. The summed E-state index contributed by atoms with van der Waals surface area (Å²) in [4.78, 5) is 13.6.